The molecular formula is C13H16N6O3S. The molecule has 1 saturated carbocycles. The second-order valence-electron chi connectivity index (χ2n) is 6.01. The van der Waals surface area contributed by atoms with Crippen LogP contribution in [0, 0.1) is 17.8 Å². The van der Waals surface area contributed by atoms with Gasteiger partial charge in [0.2, 0.25) is 15.8 Å². The number of aromatic amines is 1. The fourth-order valence-corrected chi connectivity index (χ4v) is 4.38. The molecule has 9 nitrogen and oxygen atoms in total. The highest BCUT2D eigenvalue weighted by molar-refractivity contribution is 7.89. The van der Waals surface area contributed by atoms with Crippen LogP contribution in [0.25, 0.3) is 11.4 Å². The number of aliphatic hydroxyl groups is 1. The van der Waals surface area contributed by atoms with Crippen LogP contribution in [0.1, 0.15) is 0 Å². The van der Waals surface area contributed by atoms with Gasteiger partial charge in [-0.25, -0.2) is 13.6 Å². The van der Waals surface area contributed by atoms with Crippen molar-refractivity contribution in [2.24, 2.45) is 22.9 Å². The van der Waals surface area contributed by atoms with Gasteiger partial charge in [0.15, 0.2) is 0 Å². The van der Waals surface area contributed by atoms with Crippen LogP contribution in [0.2, 0.25) is 0 Å². The van der Waals surface area contributed by atoms with E-state index in [-0.39, 0.29) is 17.3 Å². The first-order valence-corrected chi connectivity index (χ1v) is 8.80. The monoisotopic (exact) mass is 336 g/mol. The molecule has 1 aromatic carbocycles. The van der Waals surface area contributed by atoms with E-state index in [0.717, 1.165) is 18.8 Å². The number of anilines is 1. The summed E-state index contributed by atoms with van der Waals surface area (Å²) in [6.07, 6.45) is 0. The highest BCUT2D eigenvalue weighted by Crippen LogP contribution is 2.53. The largest absolute Gasteiger partial charge is 0.396 e. The molecule has 1 aromatic heterocycles. The molecule has 0 amide bonds. The lowest BCUT2D eigenvalue weighted by molar-refractivity contribution is 0.260. The fourth-order valence-electron chi connectivity index (χ4n) is 3.63. The number of rotatable bonds is 4. The van der Waals surface area contributed by atoms with Gasteiger partial charge in [0.05, 0.1) is 10.5 Å². The topological polar surface area (TPSA) is 138 Å². The van der Waals surface area contributed by atoms with E-state index in [1.54, 1.807) is 6.07 Å². The Morgan fingerprint density at radius 2 is 2.09 bits per heavy atom. The number of piperidine rings is 1. The number of hydrogen-bond donors (Lipinski definition) is 3. The normalized spacial score (nSPS) is 26.3. The smallest absolute Gasteiger partial charge is 0.238 e. The van der Waals surface area contributed by atoms with Crippen LogP contribution in [-0.2, 0) is 10.0 Å². The summed E-state index contributed by atoms with van der Waals surface area (Å²) in [7, 11) is -3.92. The third-order valence-electron chi connectivity index (χ3n) is 4.80. The fraction of sp³-hybridized carbons (Fsp3) is 0.462. The van der Waals surface area contributed by atoms with Gasteiger partial charge in [-0.1, -0.05) is 6.07 Å². The van der Waals surface area contributed by atoms with Gasteiger partial charge in [0, 0.05) is 25.4 Å². The van der Waals surface area contributed by atoms with Crippen LogP contribution in [0.15, 0.2) is 23.1 Å². The summed E-state index contributed by atoms with van der Waals surface area (Å²) in [5, 5.41) is 28.3. The molecule has 2 fully saturated rings. The van der Waals surface area contributed by atoms with E-state index in [9.17, 15) is 13.5 Å². The number of hydrogen-bond acceptors (Lipinski definition) is 7. The number of sulfonamides is 1. The Hall–Kier alpha value is -2.04. The van der Waals surface area contributed by atoms with E-state index in [1.165, 1.54) is 6.07 Å². The number of benzene rings is 1. The molecule has 0 bridgehead atoms. The van der Waals surface area contributed by atoms with E-state index < -0.39 is 10.0 Å². The Labute approximate surface area is 132 Å². The number of fused-ring (bicyclic) bond motifs is 1. The van der Waals surface area contributed by atoms with Crippen molar-refractivity contribution < 1.29 is 13.5 Å². The van der Waals surface area contributed by atoms with Crippen LogP contribution >= 0.6 is 0 Å². The number of nitrogens with two attached hydrogens (primary N) is 1. The van der Waals surface area contributed by atoms with Crippen LogP contribution in [0.4, 0.5) is 5.69 Å². The first-order valence-electron chi connectivity index (χ1n) is 7.26. The van der Waals surface area contributed by atoms with Gasteiger partial charge in [-0.05, 0) is 35.1 Å². The molecule has 2 unspecified atom stereocenters. The van der Waals surface area contributed by atoms with Crippen LogP contribution in [-0.4, -0.2) is 53.8 Å². The molecule has 10 heteroatoms. The number of H-pyrrole nitrogens is 1. The zero-order valence-electron chi connectivity index (χ0n) is 12.1. The minimum absolute atomic E-state index is 0.0179. The molecule has 122 valence electrons. The summed E-state index contributed by atoms with van der Waals surface area (Å²) in [6.45, 7) is 1.75. The zero-order chi connectivity index (χ0) is 16.2. The first-order chi connectivity index (χ1) is 11.0. The molecule has 2 atom stereocenters. The summed E-state index contributed by atoms with van der Waals surface area (Å²) in [4.78, 5) is 2.08. The SMILES string of the molecule is NS(=O)(=O)c1cccc(N2CC3C(CO)C3C2)c1-c1nn[nH]n1. The maximum Gasteiger partial charge on any atom is 0.238 e. The zero-order valence-corrected chi connectivity index (χ0v) is 12.9. The van der Waals surface area contributed by atoms with Crippen molar-refractivity contribution >= 4 is 15.7 Å². The second-order valence-corrected chi connectivity index (χ2v) is 7.54. The lowest BCUT2D eigenvalue weighted by Crippen LogP contribution is -2.26. The van der Waals surface area contributed by atoms with Crippen LogP contribution in [0.3, 0.4) is 0 Å². The second kappa shape index (κ2) is 4.98. The summed E-state index contributed by atoms with van der Waals surface area (Å²) in [5.41, 5.74) is 1.09. The molecule has 1 saturated heterocycles. The van der Waals surface area contributed by atoms with Crippen molar-refractivity contribution in [3.63, 3.8) is 0 Å². The Bertz CT molecular complexity index is 825. The molecule has 4 rings (SSSR count). The number of nitrogens with one attached hydrogen (secondary N) is 1. The van der Waals surface area contributed by atoms with Crippen LogP contribution in [0.5, 0.6) is 0 Å². The summed E-state index contributed by atoms with van der Waals surface area (Å²) in [5.74, 6) is 1.47. The molecule has 2 aromatic rings. The highest BCUT2D eigenvalue weighted by Gasteiger charge is 2.55. The third-order valence-corrected chi connectivity index (χ3v) is 5.76. The van der Waals surface area contributed by atoms with Crippen molar-refractivity contribution in [2.75, 3.05) is 24.6 Å². The molecule has 1 aliphatic heterocycles. The summed E-state index contributed by atoms with van der Waals surface area (Å²) >= 11 is 0. The third kappa shape index (κ3) is 2.30. The van der Waals surface area contributed by atoms with Crippen molar-refractivity contribution in [3.05, 3.63) is 18.2 Å². The standard InChI is InChI=1S/C13H16N6O3S/c14-23(21,22)11-3-1-2-10(12(11)13-15-17-18-16-13)19-4-7-8(5-19)9(7)6-20/h1-3,7-9,20H,4-6H2,(H2,14,21,22)(H,15,16,17,18). The molecule has 2 aliphatic rings. The van der Waals surface area contributed by atoms with Gasteiger partial charge in [0.25, 0.3) is 0 Å². The Morgan fingerprint density at radius 3 is 2.65 bits per heavy atom. The Balaban J connectivity index is 1.79. The predicted molar refractivity (Wildman–Crippen MR) is 80.8 cm³/mol. The van der Waals surface area contributed by atoms with Gasteiger partial charge >= 0.3 is 0 Å². The minimum Gasteiger partial charge on any atom is -0.396 e. The molecule has 0 spiro atoms. The number of primary sulfonamides is 1. The number of aromatic nitrogens is 4. The summed E-state index contributed by atoms with van der Waals surface area (Å²) < 4.78 is 23.9. The van der Waals surface area contributed by atoms with Gasteiger partial charge in [-0.2, -0.15) is 5.21 Å². The molecule has 0 radical (unpaired) electrons. The van der Waals surface area contributed by atoms with E-state index in [1.807, 2.05) is 6.07 Å². The number of aliphatic hydroxyl groups excluding tert-OH is 1. The predicted octanol–water partition coefficient (Wildman–Crippen LogP) is -0.811. The van der Waals surface area contributed by atoms with E-state index in [2.05, 4.69) is 25.5 Å². The number of nitrogens with zero attached hydrogens (tertiary/aromatic N) is 4. The van der Waals surface area contributed by atoms with E-state index >= 15 is 0 Å². The van der Waals surface area contributed by atoms with Gasteiger partial charge in [-0.3, -0.25) is 0 Å². The quantitative estimate of drug-likeness (QED) is 0.663. The average molecular weight is 336 g/mol. The Morgan fingerprint density at radius 1 is 1.35 bits per heavy atom. The lowest BCUT2D eigenvalue weighted by Gasteiger charge is -2.24. The molecule has 23 heavy (non-hydrogen) atoms. The summed E-state index contributed by atoms with van der Waals surface area (Å²) in [6, 6.07) is 4.93. The van der Waals surface area contributed by atoms with Gasteiger partial charge in [0.1, 0.15) is 0 Å². The first kappa shape index (κ1) is 14.5. The highest BCUT2D eigenvalue weighted by atomic mass is 32.2. The van der Waals surface area contributed by atoms with Crippen molar-refractivity contribution in [1.29, 1.82) is 0 Å². The maximum atomic E-state index is 11.9. The Kier molecular flexibility index (Phi) is 3.15. The lowest BCUT2D eigenvalue weighted by atomic mass is 10.1. The minimum atomic E-state index is -3.92. The van der Waals surface area contributed by atoms with Gasteiger partial charge < -0.3 is 10.0 Å². The maximum absolute atomic E-state index is 11.9. The van der Waals surface area contributed by atoms with Crippen molar-refractivity contribution in [2.45, 2.75) is 4.90 Å². The molecule has 1 aliphatic carbocycles. The average Bonchev–Trinajstić information content (AvgIpc) is 2.93. The van der Waals surface area contributed by atoms with Crippen LogP contribution < -0.4 is 10.0 Å². The van der Waals surface area contributed by atoms with E-state index in [0.29, 0.717) is 23.3 Å². The van der Waals surface area contributed by atoms with E-state index in [4.69, 9.17) is 5.14 Å². The van der Waals surface area contributed by atoms with Gasteiger partial charge in [-0.15, -0.1) is 10.2 Å². The van der Waals surface area contributed by atoms with Crippen molar-refractivity contribution in [1.82, 2.24) is 20.6 Å². The molecule has 2 heterocycles. The van der Waals surface area contributed by atoms with Crippen molar-refractivity contribution in [3.8, 4) is 11.4 Å². The molecular weight excluding hydrogens is 320 g/mol. The molecule has 4 N–H and O–H groups in total. The number of tetrazole rings is 1.